The number of nitrogens with one attached hydrogen (secondary N) is 2. The van der Waals surface area contributed by atoms with Crippen LogP contribution in [0.2, 0.25) is 0 Å². The van der Waals surface area contributed by atoms with E-state index in [1.807, 2.05) is 20.8 Å². The number of rotatable bonds is 2. The molecule has 88 valence electrons. The van der Waals surface area contributed by atoms with Gasteiger partial charge in [-0.2, -0.15) is 0 Å². The highest BCUT2D eigenvalue weighted by atomic mass is 16.7. The van der Waals surface area contributed by atoms with Crippen LogP contribution in [0, 0.1) is 0 Å². The smallest absolute Gasteiger partial charge is 0.260 e. The van der Waals surface area contributed by atoms with E-state index in [0.717, 1.165) is 25.8 Å². The molecule has 0 spiro atoms. The molecule has 1 saturated heterocycles. The molecule has 0 aromatic carbocycles. The van der Waals surface area contributed by atoms with E-state index in [0.29, 0.717) is 0 Å². The van der Waals surface area contributed by atoms with Gasteiger partial charge in [-0.05, 0) is 40.2 Å². The molecule has 1 aliphatic rings. The molecule has 1 fully saturated rings. The van der Waals surface area contributed by atoms with E-state index in [1.165, 1.54) is 6.42 Å². The molecule has 0 aromatic heterocycles. The van der Waals surface area contributed by atoms with E-state index in [1.54, 1.807) is 0 Å². The van der Waals surface area contributed by atoms with Crippen molar-refractivity contribution in [2.75, 3.05) is 6.54 Å². The molecule has 1 aliphatic heterocycles. The van der Waals surface area contributed by atoms with Crippen LogP contribution in [0.4, 0.5) is 0 Å². The molecule has 15 heavy (non-hydrogen) atoms. The number of hydrogen-bond donors (Lipinski definition) is 2. The molecule has 0 saturated carbocycles. The molecule has 1 atom stereocenters. The second-order valence-electron chi connectivity index (χ2n) is 5.04. The topological polar surface area (TPSA) is 50.4 Å². The van der Waals surface area contributed by atoms with Crippen molar-refractivity contribution in [3.63, 3.8) is 0 Å². The molecular weight excluding hydrogens is 192 g/mol. The fraction of sp³-hybridized carbons (Fsp3) is 0.909. The molecule has 0 aromatic rings. The maximum absolute atomic E-state index is 11.7. The maximum Gasteiger partial charge on any atom is 0.260 e. The number of hydroxylamine groups is 1. The van der Waals surface area contributed by atoms with Gasteiger partial charge in [0.25, 0.3) is 5.91 Å². The van der Waals surface area contributed by atoms with Crippen LogP contribution < -0.4 is 10.8 Å². The van der Waals surface area contributed by atoms with Gasteiger partial charge in [0, 0.05) is 0 Å². The monoisotopic (exact) mass is 214 g/mol. The summed E-state index contributed by atoms with van der Waals surface area (Å²) >= 11 is 0. The number of carbonyl (C=O) groups excluding carboxylic acids is 1. The van der Waals surface area contributed by atoms with E-state index >= 15 is 0 Å². The van der Waals surface area contributed by atoms with Crippen molar-refractivity contribution in [3.8, 4) is 0 Å². The van der Waals surface area contributed by atoms with Crippen LogP contribution in [0.25, 0.3) is 0 Å². The normalized spacial score (nSPS) is 23.3. The first kappa shape index (κ1) is 12.5. The summed E-state index contributed by atoms with van der Waals surface area (Å²) in [5.41, 5.74) is 2.19. The highest BCUT2D eigenvalue weighted by molar-refractivity contribution is 5.80. The molecule has 0 bridgehead atoms. The van der Waals surface area contributed by atoms with Crippen molar-refractivity contribution in [3.05, 3.63) is 0 Å². The minimum absolute atomic E-state index is 0.0492. The molecule has 2 N–H and O–H groups in total. The van der Waals surface area contributed by atoms with E-state index in [4.69, 9.17) is 4.84 Å². The van der Waals surface area contributed by atoms with Gasteiger partial charge in [0.05, 0.1) is 11.6 Å². The van der Waals surface area contributed by atoms with E-state index in [2.05, 4.69) is 10.8 Å². The summed E-state index contributed by atoms with van der Waals surface area (Å²) in [6.07, 6.45) is 4.38. The molecule has 1 unspecified atom stereocenters. The maximum atomic E-state index is 11.7. The van der Waals surface area contributed by atoms with E-state index < -0.39 is 0 Å². The molecule has 1 rings (SSSR count). The minimum Gasteiger partial charge on any atom is -0.306 e. The van der Waals surface area contributed by atoms with Gasteiger partial charge in [-0.15, -0.1) is 0 Å². The van der Waals surface area contributed by atoms with Crippen molar-refractivity contribution in [1.29, 1.82) is 0 Å². The lowest BCUT2D eigenvalue weighted by molar-refractivity contribution is -0.147. The lowest BCUT2D eigenvalue weighted by Gasteiger charge is -2.22. The zero-order valence-electron chi connectivity index (χ0n) is 9.93. The van der Waals surface area contributed by atoms with Gasteiger partial charge in [-0.3, -0.25) is 9.63 Å². The second-order valence-corrected chi connectivity index (χ2v) is 5.04. The van der Waals surface area contributed by atoms with E-state index in [9.17, 15) is 4.79 Å². The van der Waals surface area contributed by atoms with Crippen molar-refractivity contribution in [2.24, 2.45) is 0 Å². The van der Waals surface area contributed by atoms with Crippen molar-refractivity contribution in [1.82, 2.24) is 10.8 Å². The number of amides is 1. The first-order chi connectivity index (χ1) is 6.99. The predicted octanol–water partition coefficient (Wildman–Crippen LogP) is 1.36. The molecule has 1 heterocycles. The van der Waals surface area contributed by atoms with Crippen molar-refractivity contribution in [2.45, 2.75) is 58.1 Å². The summed E-state index contributed by atoms with van der Waals surface area (Å²) in [6.45, 7) is 6.66. The third kappa shape index (κ3) is 5.14. The van der Waals surface area contributed by atoms with Crippen molar-refractivity contribution < 1.29 is 9.63 Å². The Kier molecular flexibility index (Phi) is 4.54. The predicted molar refractivity (Wildman–Crippen MR) is 59.2 cm³/mol. The quantitative estimate of drug-likeness (QED) is 0.682. The van der Waals surface area contributed by atoms with Gasteiger partial charge >= 0.3 is 0 Å². The SMILES string of the molecule is CC(C)(C)ONC(=O)C1CCCCCN1. The van der Waals surface area contributed by atoms with Gasteiger partial charge in [0.2, 0.25) is 0 Å². The standard InChI is InChI=1S/C11H22N2O2/c1-11(2,3)15-13-10(14)9-7-5-4-6-8-12-9/h9,12H,4-8H2,1-3H3,(H,13,14). The Bertz CT molecular complexity index is 203. The zero-order valence-corrected chi connectivity index (χ0v) is 9.93. The minimum atomic E-state index is -0.333. The lowest BCUT2D eigenvalue weighted by atomic mass is 10.1. The van der Waals surface area contributed by atoms with Crippen LogP contribution >= 0.6 is 0 Å². The molecule has 4 nitrogen and oxygen atoms in total. The Morgan fingerprint density at radius 2 is 2.07 bits per heavy atom. The molecule has 0 radical (unpaired) electrons. The Morgan fingerprint density at radius 1 is 1.33 bits per heavy atom. The number of hydrogen-bond acceptors (Lipinski definition) is 3. The number of carbonyl (C=O) groups is 1. The second kappa shape index (κ2) is 5.47. The third-order valence-corrected chi connectivity index (χ3v) is 2.33. The summed E-state index contributed by atoms with van der Waals surface area (Å²) in [7, 11) is 0. The summed E-state index contributed by atoms with van der Waals surface area (Å²) in [5, 5.41) is 3.23. The fourth-order valence-corrected chi connectivity index (χ4v) is 1.53. The summed E-state index contributed by atoms with van der Waals surface area (Å²) in [5.74, 6) is -0.0492. The van der Waals surface area contributed by atoms with Gasteiger partial charge in [0.15, 0.2) is 0 Å². The van der Waals surface area contributed by atoms with Crippen LogP contribution in [-0.2, 0) is 9.63 Å². The van der Waals surface area contributed by atoms with Gasteiger partial charge in [0.1, 0.15) is 0 Å². The van der Waals surface area contributed by atoms with E-state index in [-0.39, 0.29) is 17.6 Å². The highest BCUT2D eigenvalue weighted by Crippen LogP contribution is 2.09. The molecular formula is C11H22N2O2. The Morgan fingerprint density at radius 3 is 2.73 bits per heavy atom. The lowest BCUT2D eigenvalue weighted by Crippen LogP contribution is -2.46. The Labute approximate surface area is 91.7 Å². The molecule has 1 amide bonds. The molecule has 4 heteroatoms. The van der Waals surface area contributed by atoms with Crippen molar-refractivity contribution >= 4 is 5.91 Å². The first-order valence-electron chi connectivity index (χ1n) is 5.70. The van der Waals surface area contributed by atoms with Gasteiger partial charge < -0.3 is 5.32 Å². The molecule has 0 aliphatic carbocycles. The van der Waals surface area contributed by atoms with Crippen LogP contribution in [0.1, 0.15) is 46.5 Å². The Balaban J connectivity index is 2.32. The average Bonchev–Trinajstić information content (AvgIpc) is 2.41. The van der Waals surface area contributed by atoms with Gasteiger partial charge in [-0.1, -0.05) is 12.8 Å². The Hall–Kier alpha value is -0.610. The van der Waals surface area contributed by atoms with Crippen LogP contribution in [0.3, 0.4) is 0 Å². The summed E-state index contributed by atoms with van der Waals surface area (Å²) in [4.78, 5) is 16.9. The summed E-state index contributed by atoms with van der Waals surface area (Å²) in [6, 6.07) is -0.0881. The largest absolute Gasteiger partial charge is 0.306 e. The van der Waals surface area contributed by atoms with Crippen LogP contribution in [-0.4, -0.2) is 24.1 Å². The van der Waals surface area contributed by atoms with Gasteiger partial charge in [-0.25, -0.2) is 5.48 Å². The zero-order chi connectivity index (χ0) is 11.3. The summed E-state index contributed by atoms with van der Waals surface area (Å²) < 4.78 is 0. The third-order valence-electron chi connectivity index (χ3n) is 2.33. The fourth-order valence-electron chi connectivity index (χ4n) is 1.53. The van der Waals surface area contributed by atoms with Crippen LogP contribution in [0.15, 0.2) is 0 Å². The highest BCUT2D eigenvalue weighted by Gasteiger charge is 2.21. The average molecular weight is 214 g/mol. The first-order valence-corrected chi connectivity index (χ1v) is 5.70. The van der Waals surface area contributed by atoms with Crippen LogP contribution in [0.5, 0.6) is 0 Å².